The second-order valence-electron chi connectivity index (χ2n) is 9.06. The number of aromatic nitrogens is 2. The van der Waals surface area contributed by atoms with Gasteiger partial charge in [-0.05, 0) is 54.3 Å². The molecule has 1 saturated heterocycles. The number of piperidine rings is 1. The lowest BCUT2D eigenvalue weighted by molar-refractivity contribution is 0.0945. The summed E-state index contributed by atoms with van der Waals surface area (Å²) in [6, 6.07) is 23.0. The van der Waals surface area contributed by atoms with Crippen LogP contribution in [0.4, 0.5) is 5.69 Å². The third-order valence-electron chi connectivity index (χ3n) is 7.30. The molecule has 0 radical (unpaired) electrons. The van der Waals surface area contributed by atoms with E-state index < -0.39 is 0 Å². The molecule has 2 aliphatic rings. The normalized spacial score (nSPS) is 19.2. The molecule has 1 spiro atoms. The fourth-order valence-corrected chi connectivity index (χ4v) is 5.30. The van der Waals surface area contributed by atoms with Gasteiger partial charge in [-0.25, -0.2) is 4.98 Å². The summed E-state index contributed by atoms with van der Waals surface area (Å²) in [5, 5.41) is 5.39. The molecule has 1 aliphatic carbocycles. The molecule has 6 rings (SSSR count). The lowest BCUT2D eigenvalue weighted by Crippen LogP contribution is -2.38. The van der Waals surface area contributed by atoms with Gasteiger partial charge >= 0.3 is 0 Å². The van der Waals surface area contributed by atoms with E-state index in [4.69, 9.17) is 0 Å². The van der Waals surface area contributed by atoms with Crippen LogP contribution in [0, 0.1) is 5.41 Å². The highest BCUT2D eigenvalue weighted by molar-refractivity contribution is 6.09. The number of hydrogen-bond acceptors (Lipinski definition) is 3. The van der Waals surface area contributed by atoms with E-state index in [1.54, 1.807) is 12.5 Å². The van der Waals surface area contributed by atoms with Gasteiger partial charge in [0, 0.05) is 48.2 Å². The van der Waals surface area contributed by atoms with E-state index in [0.29, 0.717) is 0 Å². The monoisotopic (exact) mass is 422 g/mol. The van der Waals surface area contributed by atoms with Crippen LogP contribution in [0.2, 0.25) is 0 Å². The Kier molecular flexibility index (Phi) is 4.49. The zero-order valence-corrected chi connectivity index (χ0v) is 17.9. The highest BCUT2D eigenvalue weighted by Gasteiger charge is 2.55. The van der Waals surface area contributed by atoms with Gasteiger partial charge in [-0.1, -0.05) is 42.5 Å². The standard InChI is InChI=1S/C27H26N4O/c32-26(23-10-11-24(31-17-14-28-19-31)22-9-5-4-8-21(22)23)29-25-18-27(25)12-15-30(16-13-27)20-6-2-1-3-7-20/h1-11,14,17,19,25H,12-13,15-16,18H2,(H,29,32). The number of amides is 1. The van der Waals surface area contributed by atoms with Crippen LogP contribution in [-0.2, 0) is 0 Å². The summed E-state index contributed by atoms with van der Waals surface area (Å²) in [6.45, 7) is 2.11. The first-order chi connectivity index (χ1) is 15.7. The molecule has 1 aromatic heterocycles. The molecular formula is C27H26N4O. The molecule has 0 bridgehead atoms. The Hall–Kier alpha value is -3.60. The topological polar surface area (TPSA) is 50.2 Å². The van der Waals surface area contributed by atoms with Crippen molar-refractivity contribution < 1.29 is 4.79 Å². The Bertz CT molecular complexity index is 1260. The van der Waals surface area contributed by atoms with Gasteiger partial charge in [0.2, 0.25) is 0 Å². The maximum atomic E-state index is 13.3. The third kappa shape index (κ3) is 3.25. The van der Waals surface area contributed by atoms with Gasteiger partial charge in [-0.3, -0.25) is 4.79 Å². The number of para-hydroxylation sites is 1. The Morgan fingerprint density at radius 1 is 0.938 bits per heavy atom. The fourth-order valence-electron chi connectivity index (χ4n) is 5.30. The van der Waals surface area contributed by atoms with E-state index >= 15 is 0 Å². The van der Waals surface area contributed by atoms with Crippen LogP contribution in [0.1, 0.15) is 29.6 Å². The Balaban J connectivity index is 1.18. The number of nitrogens with zero attached hydrogens (tertiary/aromatic N) is 3. The molecule has 4 aromatic rings. The Morgan fingerprint density at radius 3 is 2.44 bits per heavy atom. The van der Waals surface area contributed by atoms with Crippen molar-refractivity contribution in [3.05, 3.63) is 91.0 Å². The number of rotatable bonds is 4. The largest absolute Gasteiger partial charge is 0.371 e. The van der Waals surface area contributed by atoms with Crippen LogP contribution >= 0.6 is 0 Å². The van der Waals surface area contributed by atoms with E-state index in [0.717, 1.165) is 54.4 Å². The molecule has 160 valence electrons. The van der Waals surface area contributed by atoms with Gasteiger partial charge < -0.3 is 14.8 Å². The predicted molar refractivity (Wildman–Crippen MR) is 127 cm³/mol. The van der Waals surface area contributed by atoms with Crippen LogP contribution in [0.5, 0.6) is 0 Å². The SMILES string of the molecule is O=C(NC1CC12CCN(c1ccccc1)CC2)c1ccc(-n2ccnc2)c2ccccc12. The Morgan fingerprint density at radius 2 is 1.69 bits per heavy atom. The molecule has 5 nitrogen and oxygen atoms in total. The third-order valence-corrected chi connectivity index (χ3v) is 7.30. The second-order valence-corrected chi connectivity index (χ2v) is 9.06. The number of carbonyl (C=O) groups is 1. The van der Waals surface area contributed by atoms with Gasteiger partial charge in [0.25, 0.3) is 5.91 Å². The molecule has 1 saturated carbocycles. The molecule has 5 heteroatoms. The van der Waals surface area contributed by atoms with Crippen LogP contribution in [0.15, 0.2) is 85.5 Å². The first-order valence-corrected chi connectivity index (χ1v) is 11.3. The number of imidazole rings is 1. The Labute approximate surface area is 187 Å². The van der Waals surface area contributed by atoms with Gasteiger partial charge in [0.1, 0.15) is 0 Å². The quantitative estimate of drug-likeness (QED) is 0.513. The minimum atomic E-state index is 0.0331. The second kappa shape index (κ2) is 7.52. The average Bonchev–Trinajstić information content (AvgIpc) is 3.23. The van der Waals surface area contributed by atoms with E-state index in [1.807, 2.05) is 41.1 Å². The van der Waals surface area contributed by atoms with Crippen LogP contribution < -0.4 is 10.2 Å². The van der Waals surface area contributed by atoms with Crippen molar-refractivity contribution in [2.45, 2.75) is 25.3 Å². The van der Waals surface area contributed by atoms with Gasteiger partial charge in [0.05, 0.1) is 12.0 Å². The van der Waals surface area contributed by atoms with Crippen molar-refractivity contribution in [1.82, 2.24) is 14.9 Å². The highest BCUT2D eigenvalue weighted by atomic mass is 16.1. The average molecular weight is 423 g/mol. The molecule has 2 heterocycles. The van der Waals surface area contributed by atoms with Crippen LogP contribution in [0.25, 0.3) is 16.5 Å². The lowest BCUT2D eigenvalue weighted by atomic mass is 9.92. The molecule has 1 unspecified atom stereocenters. The van der Waals surface area contributed by atoms with Crippen LogP contribution in [-0.4, -0.2) is 34.6 Å². The zero-order chi connectivity index (χ0) is 21.5. The number of fused-ring (bicyclic) bond motifs is 1. The number of nitrogens with one attached hydrogen (secondary N) is 1. The molecule has 1 aliphatic heterocycles. The van der Waals surface area contributed by atoms with E-state index in [2.05, 4.69) is 51.6 Å². The fraction of sp³-hybridized carbons (Fsp3) is 0.259. The minimum absolute atomic E-state index is 0.0331. The number of carbonyl (C=O) groups excluding carboxylic acids is 1. The molecule has 2 fully saturated rings. The first-order valence-electron chi connectivity index (χ1n) is 11.3. The van der Waals surface area contributed by atoms with E-state index in [-0.39, 0.29) is 17.4 Å². The summed E-state index contributed by atoms with van der Waals surface area (Å²) in [5.41, 5.74) is 3.35. The van der Waals surface area contributed by atoms with Gasteiger partial charge in [-0.15, -0.1) is 0 Å². The number of hydrogen-bond donors (Lipinski definition) is 1. The minimum Gasteiger partial charge on any atom is -0.371 e. The maximum absolute atomic E-state index is 13.3. The maximum Gasteiger partial charge on any atom is 0.252 e. The summed E-state index contributed by atoms with van der Waals surface area (Å²) < 4.78 is 1.99. The van der Waals surface area contributed by atoms with E-state index in [1.165, 1.54) is 5.69 Å². The van der Waals surface area contributed by atoms with Crippen LogP contribution in [0.3, 0.4) is 0 Å². The van der Waals surface area contributed by atoms with Crippen molar-refractivity contribution in [3.8, 4) is 5.69 Å². The number of benzene rings is 3. The molecule has 32 heavy (non-hydrogen) atoms. The van der Waals surface area contributed by atoms with Crippen molar-refractivity contribution in [2.24, 2.45) is 5.41 Å². The van der Waals surface area contributed by atoms with Crippen molar-refractivity contribution in [1.29, 1.82) is 0 Å². The predicted octanol–water partition coefficient (Wildman–Crippen LogP) is 4.81. The molecular weight excluding hydrogens is 396 g/mol. The summed E-state index contributed by atoms with van der Waals surface area (Å²) in [4.78, 5) is 19.9. The molecule has 1 N–H and O–H groups in total. The van der Waals surface area contributed by atoms with Gasteiger partial charge in [-0.2, -0.15) is 0 Å². The summed E-state index contributed by atoms with van der Waals surface area (Å²) in [6.07, 6.45) is 8.84. The molecule has 3 aromatic carbocycles. The van der Waals surface area contributed by atoms with Crippen molar-refractivity contribution in [2.75, 3.05) is 18.0 Å². The summed E-state index contributed by atoms with van der Waals surface area (Å²) in [5.74, 6) is 0.0331. The summed E-state index contributed by atoms with van der Waals surface area (Å²) >= 11 is 0. The first kappa shape index (κ1) is 19.1. The molecule has 1 amide bonds. The van der Waals surface area contributed by atoms with Crippen molar-refractivity contribution >= 4 is 22.4 Å². The molecule has 1 atom stereocenters. The zero-order valence-electron chi connectivity index (χ0n) is 17.9. The van der Waals surface area contributed by atoms with Gasteiger partial charge in [0.15, 0.2) is 0 Å². The van der Waals surface area contributed by atoms with Crippen molar-refractivity contribution in [3.63, 3.8) is 0 Å². The lowest BCUT2D eigenvalue weighted by Gasteiger charge is -2.34. The number of anilines is 1. The van der Waals surface area contributed by atoms with E-state index in [9.17, 15) is 4.79 Å². The highest BCUT2D eigenvalue weighted by Crippen LogP contribution is 2.54. The summed E-state index contributed by atoms with van der Waals surface area (Å²) in [7, 11) is 0. The smallest absolute Gasteiger partial charge is 0.252 e.